The van der Waals surface area contributed by atoms with Gasteiger partial charge in [0.25, 0.3) is 0 Å². The summed E-state index contributed by atoms with van der Waals surface area (Å²) in [5.41, 5.74) is 0.430. The van der Waals surface area contributed by atoms with Crippen LogP contribution >= 0.6 is 0 Å². The van der Waals surface area contributed by atoms with Gasteiger partial charge in [-0.25, -0.2) is 4.79 Å². The summed E-state index contributed by atoms with van der Waals surface area (Å²) in [7, 11) is 1.17. The second kappa shape index (κ2) is 9.61. The van der Waals surface area contributed by atoms with Crippen LogP contribution in [0.1, 0.15) is 6.92 Å². The number of aliphatic hydroxyl groups excluding tert-OH is 5. The van der Waals surface area contributed by atoms with E-state index in [-0.39, 0.29) is 12.2 Å². The Morgan fingerprint density at radius 3 is 2.39 bits per heavy atom. The van der Waals surface area contributed by atoms with Crippen LogP contribution in [0.2, 0.25) is 0 Å². The summed E-state index contributed by atoms with van der Waals surface area (Å²) in [5, 5.41) is 50.0. The Kier molecular flexibility index (Phi) is 7.31. The molecule has 0 unspecified atom stereocenters. The fourth-order valence-corrected chi connectivity index (χ4v) is 3.96. The van der Waals surface area contributed by atoms with Gasteiger partial charge in [-0.1, -0.05) is 6.08 Å². The first kappa shape index (κ1) is 23.6. The quantitative estimate of drug-likeness (QED) is 0.211. The Morgan fingerprint density at radius 1 is 1.06 bits per heavy atom. The average Bonchev–Trinajstić information content (AvgIpc) is 3.09. The minimum absolute atomic E-state index is 0.0303. The van der Waals surface area contributed by atoms with Gasteiger partial charge in [0.1, 0.15) is 31.0 Å². The van der Waals surface area contributed by atoms with Crippen LogP contribution in [-0.2, 0) is 33.3 Å². The zero-order chi connectivity index (χ0) is 22.9. The molecule has 1 fully saturated rings. The summed E-state index contributed by atoms with van der Waals surface area (Å²) in [6.45, 7) is 0.355. The van der Waals surface area contributed by atoms with E-state index in [4.69, 9.17) is 23.7 Å². The summed E-state index contributed by atoms with van der Waals surface area (Å²) < 4.78 is 26.3. The van der Waals surface area contributed by atoms with Crippen molar-refractivity contribution in [2.24, 2.45) is 11.8 Å². The van der Waals surface area contributed by atoms with E-state index in [2.05, 4.69) is 0 Å². The molecule has 0 aromatic carbocycles. The maximum atomic E-state index is 12.2. The van der Waals surface area contributed by atoms with Crippen LogP contribution in [0.25, 0.3) is 0 Å². The molecule has 2 aliphatic heterocycles. The van der Waals surface area contributed by atoms with Crippen molar-refractivity contribution < 1.29 is 58.8 Å². The third-order valence-electron chi connectivity index (χ3n) is 5.53. The van der Waals surface area contributed by atoms with Gasteiger partial charge in [-0.3, -0.25) is 4.79 Å². The smallest absolute Gasteiger partial charge is 0.337 e. The Bertz CT molecular complexity index is 746. The molecule has 9 atom stereocenters. The molecule has 3 rings (SSSR count). The maximum Gasteiger partial charge on any atom is 0.337 e. The van der Waals surface area contributed by atoms with Crippen molar-refractivity contribution in [1.82, 2.24) is 0 Å². The van der Waals surface area contributed by atoms with Crippen molar-refractivity contribution in [3.05, 3.63) is 23.5 Å². The lowest BCUT2D eigenvalue weighted by atomic mass is 9.82. The second-order valence-corrected chi connectivity index (χ2v) is 7.47. The van der Waals surface area contributed by atoms with E-state index in [0.717, 1.165) is 6.26 Å². The number of fused-ring (bicyclic) bond motifs is 1. The average molecular weight is 446 g/mol. The molecule has 0 amide bonds. The van der Waals surface area contributed by atoms with E-state index in [1.807, 2.05) is 0 Å². The van der Waals surface area contributed by atoms with Gasteiger partial charge in [-0.15, -0.1) is 0 Å². The lowest BCUT2D eigenvalue weighted by Gasteiger charge is -2.43. The standard InChI is InChI=1S/C19H26O12/c1-7(21)28-5-8-3-10(22)13-9(17(26)27-2)6-29-18(12(8)13)31-19-16(25)15(24)14(23)11(4-20)30-19/h3,6,10-16,18-20,22-25H,4-5H2,1-2H3/t10-,11-,12+,13-,14-,15+,16-,18-,19+/m0/s1. The van der Waals surface area contributed by atoms with Crippen molar-refractivity contribution in [3.63, 3.8) is 0 Å². The minimum Gasteiger partial charge on any atom is -0.471 e. The molecule has 5 N–H and O–H groups in total. The molecule has 31 heavy (non-hydrogen) atoms. The largest absolute Gasteiger partial charge is 0.471 e. The van der Waals surface area contributed by atoms with Crippen molar-refractivity contribution in [2.75, 3.05) is 20.3 Å². The Hall–Kier alpha value is -2.06. The highest BCUT2D eigenvalue weighted by Crippen LogP contribution is 2.44. The number of aliphatic hydroxyl groups is 5. The van der Waals surface area contributed by atoms with Crippen LogP contribution in [0.4, 0.5) is 0 Å². The predicted octanol–water partition coefficient (Wildman–Crippen LogP) is -2.69. The summed E-state index contributed by atoms with van der Waals surface area (Å²) in [5.74, 6) is -2.99. The maximum absolute atomic E-state index is 12.2. The number of carbonyl (C=O) groups is 2. The van der Waals surface area contributed by atoms with E-state index in [1.165, 1.54) is 20.1 Å². The van der Waals surface area contributed by atoms with Gasteiger partial charge in [0.15, 0.2) is 6.29 Å². The highest BCUT2D eigenvalue weighted by molar-refractivity contribution is 5.89. The molecule has 0 bridgehead atoms. The van der Waals surface area contributed by atoms with Gasteiger partial charge in [-0.2, -0.15) is 0 Å². The zero-order valence-corrected chi connectivity index (χ0v) is 16.9. The summed E-state index contributed by atoms with van der Waals surface area (Å²) in [6, 6.07) is 0. The number of rotatable bonds is 6. The van der Waals surface area contributed by atoms with E-state index < -0.39 is 73.5 Å². The highest BCUT2D eigenvalue weighted by Gasteiger charge is 2.52. The SMILES string of the molecule is COC(=O)C1=CO[C@@H](O[C@H]2O[C@@H](CO)[C@H](O)[C@@H](O)[C@@H]2O)[C@@H]2C(COC(C)=O)=C[C@H](O)[C@H]12. The normalized spacial score (nSPS) is 39.6. The minimum atomic E-state index is -1.68. The molecule has 0 saturated carbocycles. The molecule has 0 spiro atoms. The first-order valence-electron chi connectivity index (χ1n) is 9.61. The number of hydrogen-bond acceptors (Lipinski definition) is 12. The fraction of sp³-hybridized carbons (Fsp3) is 0.684. The van der Waals surface area contributed by atoms with E-state index in [1.54, 1.807) is 0 Å². The van der Waals surface area contributed by atoms with Crippen LogP contribution in [-0.4, -0.2) is 101 Å². The summed E-state index contributed by atoms with van der Waals surface area (Å²) in [6.07, 6.45) is -7.54. The molecule has 2 heterocycles. The first-order chi connectivity index (χ1) is 14.7. The van der Waals surface area contributed by atoms with Gasteiger partial charge in [-0.05, 0) is 5.57 Å². The zero-order valence-electron chi connectivity index (χ0n) is 16.9. The predicted molar refractivity (Wildman–Crippen MR) is 97.5 cm³/mol. The van der Waals surface area contributed by atoms with Gasteiger partial charge in [0.2, 0.25) is 6.29 Å². The van der Waals surface area contributed by atoms with Crippen LogP contribution < -0.4 is 0 Å². The molecular weight excluding hydrogens is 420 g/mol. The highest BCUT2D eigenvalue weighted by atomic mass is 16.8. The molecule has 1 aliphatic carbocycles. The van der Waals surface area contributed by atoms with Gasteiger partial charge < -0.3 is 49.2 Å². The molecule has 12 nitrogen and oxygen atoms in total. The Labute approximate surface area is 177 Å². The Morgan fingerprint density at radius 2 is 1.77 bits per heavy atom. The number of carbonyl (C=O) groups excluding carboxylic acids is 2. The van der Waals surface area contributed by atoms with Crippen molar-refractivity contribution in [2.45, 2.75) is 50.0 Å². The lowest BCUT2D eigenvalue weighted by molar-refractivity contribution is -0.340. The molecule has 174 valence electrons. The molecule has 3 aliphatic rings. The topological polar surface area (TPSA) is 181 Å². The van der Waals surface area contributed by atoms with Crippen molar-refractivity contribution in [1.29, 1.82) is 0 Å². The number of esters is 2. The third kappa shape index (κ3) is 4.60. The first-order valence-corrected chi connectivity index (χ1v) is 9.61. The van der Waals surface area contributed by atoms with Crippen molar-refractivity contribution >= 4 is 11.9 Å². The molecule has 0 radical (unpaired) electrons. The van der Waals surface area contributed by atoms with E-state index in [9.17, 15) is 35.1 Å². The van der Waals surface area contributed by atoms with Crippen LogP contribution in [0.3, 0.4) is 0 Å². The molecule has 0 aromatic heterocycles. The third-order valence-corrected chi connectivity index (χ3v) is 5.53. The van der Waals surface area contributed by atoms with Gasteiger partial charge >= 0.3 is 11.9 Å². The second-order valence-electron chi connectivity index (χ2n) is 7.47. The Balaban J connectivity index is 1.86. The van der Waals surface area contributed by atoms with Gasteiger partial charge in [0.05, 0.1) is 37.6 Å². The van der Waals surface area contributed by atoms with Crippen molar-refractivity contribution in [3.8, 4) is 0 Å². The molecular formula is C19H26O12. The van der Waals surface area contributed by atoms with E-state index >= 15 is 0 Å². The number of methoxy groups -OCH3 is 1. The monoisotopic (exact) mass is 446 g/mol. The van der Waals surface area contributed by atoms with Crippen LogP contribution in [0.5, 0.6) is 0 Å². The molecule has 0 aromatic rings. The van der Waals surface area contributed by atoms with Crippen LogP contribution in [0, 0.1) is 11.8 Å². The number of ether oxygens (including phenoxy) is 5. The lowest BCUT2D eigenvalue weighted by Crippen LogP contribution is -2.60. The molecule has 12 heteroatoms. The van der Waals surface area contributed by atoms with E-state index in [0.29, 0.717) is 5.57 Å². The fourth-order valence-electron chi connectivity index (χ4n) is 3.96. The number of hydrogen-bond donors (Lipinski definition) is 5. The summed E-state index contributed by atoms with van der Waals surface area (Å²) in [4.78, 5) is 23.4. The van der Waals surface area contributed by atoms with Crippen LogP contribution in [0.15, 0.2) is 23.5 Å². The van der Waals surface area contributed by atoms with Gasteiger partial charge in [0, 0.05) is 12.8 Å². The summed E-state index contributed by atoms with van der Waals surface area (Å²) >= 11 is 0. The molecule has 1 saturated heterocycles.